The van der Waals surface area contributed by atoms with E-state index < -0.39 is 12.4 Å². The second kappa shape index (κ2) is 6.58. The molecule has 0 amide bonds. The zero-order valence-electron chi connectivity index (χ0n) is 8.84. The van der Waals surface area contributed by atoms with Crippen LogP contribution in [0.15, 0.2) is 10.7 Å². The first-order chi connectivity index (χ1) is 7.97. The molecular weight excluding hydrogens is 411 g/mol. The van der Waals surface area contributed by atoms with Crippen LogP contribution >= 0.6 is 38.5 Å². The monoisotopic (exact) mass is 419 g/mol. The van der Waals surface area contributed by atoms with Gasteiger partial charge in [0.2, 0.25) is 0 Å². The lowest BCUT2D eigenvalue weighted by atomic mass is 10.2. The Morgan fingerprint density at radius 1 is 1.65 bits per heavy atom. The van der Waals surface area contributed by atoms with Gasteiger partial charge in [-0.05, 0) is 45.4 Å². The van der Waals surface area contributed by atoms with Crippen LogP contribution in [0.4, 0.5) is 8.78 Å². The van der Waals surface area contributed by atoms with E-state index in [1.807, 2.05) is 22.6 Å². The van der Waals surface area contributed by atoms with Crippen molar-refractivity contribution < 1.29 is 18.3 Å². The number of nitrogens with zero attached hydrogens (tertiary/aromatic N) is 1. The Kier molecular flexibility index (Phi) is 5.71. The molecule has 0 fully saturated rings. The van der Waals surface area contributed by atoms with Crippen molar-refractivity contribution in [3.63, 3.8) is 0 Å². The van der Waals surface area contributed by atoms with Crippen LogP contribution in [0.3, 0.4) is 0 Å². The Morgan fingerprint density at radius 2 is 2.29 bits per heavy atom. The van der Waals surface area contributed by atoms with Crippen LogP contribution in [0.5, 0.6) is 0 Å². The van der Waals surface area contributed by atoms with E-state index >= 15 is 0 Å². The minimum atomic E-state index is -2.60. The van der Waals surface area contributed by atoms with Gasteiger partial charge >= 0.3 is 5.97 Å². The standard InChI is InChI=1S/C10H9BrF2INO2/c1-2-17-7(16)3-6-9(14)8(11)5(4-15-6)10(12)13/h4,10H,2-3H2,1H3. The van der Waals surface area contributed by atoms with Crippen LogP contribution in [0, 0.1) is 3.57 Å². The smallest absolute Gasteiger partial charge is 0.311 e. The molecule has 0 aliphatic carbocycles. The Morgan fingerprint density at radius 3 is 2.82 bits per heavy atom. The van der Waals surface area contributed by atoms with Crippen LogP contribution < -0.4 is 0 Å². The van der Waals surface area contributed by atoms with Crippen molar-refractivity contribution in [1.29, 1.82) is 0 Å². The van der Waals surface area contributed by atoms with Crippen LogP contribution in [0.2, 0.25) is 0 Å². The Labute approximate surface area is 119 Å². The fourth-order valence-electron chi connectivity index (χ4n) is 1.14. The molecule has 0 spiro atoms. The van der Waals surface area contributed by atoms with E-state index in [-0.39, 0.29) is 23.1 Å². The third kappa shape index (κ3) is 3.84. The van der Waals surface area contributed by atoms with Gasteiger partial charge in [0.1, 0.15) is 0 Å². The average Bonchev–Trinajstić information content (AvgIpc) is 2.25. The molecule has 3 nitrogen and oxygen atoms in total. The van der Waals surface area contributed by atoms with Gasteiger partial charge in [0, 0.05) is 14.2 Å². The summed E-state index contributed by atoms with van der Waals surface area (Å²) in [5, 5.41) is 0. The van der Waals surface area contributed by atoms with Crippen molar-refractivity contribution in [2.45, 2.75) is 19.8 Å². The van der Waals surface area contributed by atoms with Crippen LogP contribution in [-0.2, 0) is 16.0 Å². The number of halogens is 4. The van der Waals surface area contributed by atoms with Gasteiger partial charge in [-0.1, -0.05) is 0 Å². The highest BCUT2D eigenvalue weighted by Crippen LogP contribution is 2.31. The molecule has 7 heteroatoms. The summed E-state index contributed by atoms with van der Waals surface area (Å²) >= 11 is 4.96. The molecule has 1 aromatic heterocycles. The summed E-state index contributed by atoms with van der Waals surface area (Å²) in [6.45, 7) is 1.98. The topological polar surface area (TPSA) is 39.2 Å². The van der Waals surface area contributed by atoms with Gasteiger partial charge in [-0.3, -0.25) is 9.78 Å². The normalized spacial score (nSPS) is 10.7. The van der Waals surface area contributed by atoms with Gasteiger partial charge in [0.25, 0.3) is 6.43 Å². The highest BCUT2D eigenvalue weighted by Gasteiger charge is 2.18. The van der Waals surface area contributed by atoms with Crippen molar-refractivity contribution in [1.82, 2.24) is 4.98 Å². The molecule has 0 unspecified atom stereocenters. The maximum Gasteiger partial charge on any atom is 0.311 e. The Hall–Kier alpha value is -0.310. The van der Waals surface area contributed by atoms with E-state index in [1.54, 1.807) is 6.92 Å². The number of hydrogen-bond acceptors (Lipinski definition) is 3. The van der Waals surface area contributed by atoms with Crippen molar-refractivity contribution in [2.75, 3.05) is 6.61 Å². The first-order valence-corrected chi connectivity index (χ1v) is 6.61. The number of aromatic nitrogens is 1. The number of hydrogen-bond donors (Lipinski definition) is 0. The van der Waals surface area contributed by atoms with Gasteiger partial charge < -0.3 is 4.74 Å². The van der Waals surface area contributed by atoms with Crippen molar-refractivity contribution >= 4 is 44.5 Å². The molecule has 0 saturated heterocycles. The third-order valence-corrected chi connectivity index (χ3v) is 4.67. The molecule has 1 heterocycles. The van der Waals surface area contributed by atoms with Gasteiger partial charge in [-0.15, -0.1) is 0 Å². The highest BCUT2D eigenvalue weighted by atomic mass is 127. The lowest BCUT2D eigenvalue weighted by Gasteiger charge is -2.09. The number of carbonyl (C=O) groups excluding carboxylic acids is 1. The third-order valence-electron chi connectivity index (χ3n) is 1.91. The zero-order valence-corrected chi connectivity index (χ0v) is 12.6. The largest absolute Gasteiger partial charge is 0.466 e. The fraction of sp³-hybridized carbons (Fsp3) is 0.400. The maximum atomic E-state index is 12.6. The molecule has 1 rings (SSSR count). The molecule has 0 aromatic carbocycles. The summed E-state index contributed by atoms with van der Waals surface area (Å²) in [6.07, 6.45) is -1.54. The molecule has 0 atom stereocenters. The SMILES string of the molecule is CCOC(=O)Cc1ncc(C(F)F)c(Br)c1I. The van der Waals surface area contributed by atoms with Crippen LogP contribution in [0.25, 0.3) is 0 Å². The number of rotatable bonds is 4. The second-order valence-corrected chi connectivity index (χ2v) is 4.94. The average molecular weight is 420 g/mol. The Bertz CT molecular complexity index is 429. The van der Waals surface area contributed by atoms with E-state index in [4.69, 9.17) is 4.74 Å². The predicted octanol–water partition coefficient (Wildman–Crippen LogP) is 3.49. The highest BCUT2D eigenvalue weighted by molar-refractivity contribution is 14.1. The molecule has 0 aliphatic heterocycles. The molecular formula is C10H9BrF2INO2. The number of ether oxygens (including phenoxy) is 1. The van der Waals surface area contributed by atoms with E-state index in [1.165, 1.54) is 0 Å². The van der Waals surface area contributed by atoms with Crippen LogP contribution in [0.1, 0.15) is 24.6 Å². The van der Waals surface area contributed by atoms with Crippen LogP contribution in [-0.4, -0.2) is 17.6 Å². The minimum Gasteiger partial charge on any atom is -0.466 e. The van der Waals surface area contributed by atoms with E-state index in [9.17, 15) is 13.6 Å². The molecule has 0 saturated carbocycles. The lowest BCUT2D eigenvalue weighted by molar-refractivity contribution is -0.142. The van der Waals surface area contributed by atoms with Crippen molar-refractivity contribution in [3.8, 4) is 0 Å². The number of alkyl halides is 2. The molecule has 1 aromatic rings. The van der Waals surface area contributed by atoms with Crippen molar-refractivity contribution in [3.05, 3.63) is 25.5 Å². The van der Waals surface area contributed by atoms with E-state index in [2.05, 4.69) is 20.9 Å². The summed E-state index contributed by atoms with van der Waals surface area (Å²) in [5.41, 5.74) is 0.252. The molecule has 17 heavy (non-hydrogen) atoms. The Balaban J connectivity index is 2.96. The number of esters is 1. The summed E-state index contributed by atoms with van der Waals surface area (Å²) in [5.74, 6) is -0.422. The van der Waals surface area contributed by atoms with Gasteiger partial charge in [0.15, 0.2) is 0 Å². The minimum absolute atomic E-state index is 0.0196. The van der Waals surface area contributed by atoms with E-state index in [0.29, 0.717) is 9.26 Å². The predicted molar refractivity (Wildman–Crippen MR) is 69.9 cm³/mol. The first-order valence-electron chi connectivity index (χ1n) is 4.73. The zero-order chi connectivity index (χ0) is 13.0. The first kappa shape index (κ1) is 14.7. The number of pyridine rings is 1. The number of carbonyl (C=O) groups is 1. The van der Waals surface area contributed by atoms with Crippen molar-refractivity contribution in [2.24, 2.45) is 0 Å². The quantitative estimate of drug-likeness (QED) is 0.554. The molecule has 0 bridgehead atoms. The summed E-state index contributed by atoms with van der Waals surface area (Å²) < 4.78 is 30.7. The summed E-state index contributed by atoms with van der Waals surface area (Å²) in [6, 6.07) is 0. The van der Waals surface area contributed by atoms with Gasteiger partial charge in [-0.25, -0.2) is 8.78 Å². The molecule has 0 radical (unpaired) electrons. The lowest BCUT2D eigenvalue weighted by Crippen LogP contribution is -2.11. The maximum absolute atomic E-state index is 12.6. The molecule has 0 aliphatic rings. The molecule has 94 valence electrons. The fourth-order valence-corrected chi connectivity index (χ4v) is 2.28. The van der Waals surface area contributed by atoms with Gasteiger partial charge in [0.05, 0.1) is 24.3 Å². The summed E-state index contributed by atoms with van der Waals surface area (Å²) in [7, 11) is 0. The second-order valence-electron chi connectivity index (χ2n) is 3.07. The van der Waals surface area contributed by atoms with Gasteiger partial charge in [-0.2, -0.15) is 0 Å². The summed E-state index contributed by atoms with van der Waals surface area (Å²) in [4.78, 5) is 15.1. The van der Waals surface area contributed by atoms with E-state index in [0.717, 1.165) is 6.20 Å². The molecule has 0 N–H and O–H groups in total.